The number of hydrogen-bond acceptors (Lipinski definition) is 3. The Balaban J connectivity index is 2.45. The van der Waals surface area contributed by atoms with Crippen molar-refractivity contribution in [1.29, 1.82) is 0 Å². The van der Waals surface area contributed by atoms with Crippen molar-refractivity contribution in [3.8, 4) is 5.75 Å². The summed E-state index contributed by atoms with van der Waals surface area (Å²) in [6.45, 7) is 3.76. The summed E-state index contributed by atoms with van der Waals surface area (Å²) in [5, 5.41) is 0. The van der Waals surface area contributed by atoms with E-state index in [9.17, 15) is 4.39 Å². The number of rotatable bonds is 7. The summed E-state index contributed by atoms with van der Waals surface area (Å²) in [5.41, 5.74) is 5.59. The Morgan fingerprint density at radius 1 is 1.41 bits per heavy atom. The van der Waals surface area contributed by atoms with Crippen LogP contribution in [-0.2, 0) is 4.74 Å². The molecule has 0 fully saturated rings. The molecule has 0 atom stereocenters. The van der Waals surface area contributed by atoms with E-state index < -0.39 is 5.82 Å². The van der Waals surface area contributed by atoms with Gasteiger partial charge in [0.25, 0.3) is 0 Å². The Labute approximate surface area is 106 Å². The number of halogens is 1. The van der Waals surface area contributed by atoms with Gasteiger partial charge >= 0.3 is 0 Å². The van der Waals surface area contributed by atoms with Crippen LogP contribution in [0.15, 0.2) is 18.2 Å². The number of ether oxygens (including phenoxy) is 2. The predicted molar refractivity (Wildman–Crippen MR) is 68.9 cm³/mol. The van der Waals surface area contributed by atoms with Crippen molar-refractivity contribution in [2.24, 2.45) is 5.73 Å². The molecule has 0 radical (unpaired) electrons. The van der Waals surface area contributed by atoms with Crippen LogP contribution < -0.4 is 10.5 Å². The molecule has 3 nitrogen and oxygen atoms in total. The molecule has 1 aromatic rings. The summed E-state index contributed by atoms with van der Waals surface area (Å²) < 4.78 is 24.0. The first-order valence-corrected chi connectivity index (χ1v) is 5.86. The molecular formula is C12H16FNO2S. The van der Waals surface area contributed by atoms with Crippen LogP contribution in [0.2, 0.25) is 0 Å². The van der Waals surface area contributed by atoms with E-state index in [1.165, 1.54) is 12.1 Å². The number of nitrogens with two attached hydrogens (primary N) is 1. The molecule has 17 heavy (non-hydrogen) atoms. The molecule has 0 spiro atoms. The lowest BCUT2D eigenvalue weighted by Crippen LogP contribution is -2.11. The molecule has 94 valence electrons. The van der Waals surface area contributed by atoms with Gasteiger partial charge in [-0.15, -0.1) is 0 Å². The molecule has 5 heteroatoms. The maximum Gasteiger partial charge on any atom is 0.137 e. The van der Waals surface area contributed by atoms with E-state index in [0.29, 0.717) is 25.6 Å². The second kappa shape index (κ2) is 7.19. The first kappa shape index (κ1) is 13.9. The maximum atomic E-state index is 13.5. The van der Waals surface area contributed by atoms with E-state index in [1.54, 1.807) is 6.07 Å². The highest BCUT2D eigenvalue weighted by atomic mass is 32.1. The Bertz CT molecular complexity index is 385. The molecule has 0 aliphatic carbocycles. The van der Waals surface area contributed by atoms with Gasteiger partial charge in [0.15, 0.2) is 0 Å². The molecule has 0 heterocycles. The molecule has 0 aliphatic rings. The van der Waals surface area contributed by atoms with Gasteiger partial charge in [-0.25, -0.2) is 4.39 Å². The fourth-order valence-corrected chi connectivity index (χ4v) is 1.45. The fraction of sp³-hybridized carbons (Fsp3) is 0.417. The van der Waals surface area contributed by atoms with Gasteiger partial charge < -0.3 is 15.2 Å². The third kappa shape index (κ3) is 4.66. The lowest BCUT2D eigenvalue weighted by molar-refractivity contribution is 0.131. The van der Waals surface area contributed by atoms with E-state index in [-0.39, 0.29) is 10.6 Å². The summed E-state index contributed by atoms with van der Waals surface area (Å²) >= 11 is 4.71. The highest BCUT2D eigenvalue weighted by Gasteiger charge is 2.06. The van der Waals surface area contributed by atoms with Crippen LogP contribution in [0, 0.1) is 5.82 Å². The quantitative estimate of drug-likeness (QED) is 0.601. The van der Waals surface area contributed by atoms with Crippen molar-refractivity contribution in [3.63, 3.8) is 0 Å². The highest BCUT2D eigenvalue weighted by Crippen LogP contribution is 2.16. The van der Waals surface area contributed by atoms with Gasteiger partial charge in [0, 0.05) is 31.3 Å². The van der Waals surface area contributed by atoms with Gasteiger partial charge in [0.2, 0.25) is 0 Å². The predicted octanol–water partition coefficient (Wildman–Crippen LogP) is 2.27. The molecule has 1 aromatic carbocycles. The van der Waals surface area contributed by atoms with Crippen LogP contribution >= 0.6 is 12.2 Å². The third-order valence-electron chi connectivity index (χ3n) is 2.11. The average molecular weight is 257 g/mol. The average Bonchev–Trinajstić information content (AvgIpc) is 2.28. The number of hydrogen-bond donors (Lipinski definition) is 1. The van der Waals surface area contributed by atoms with Gasteiger partial charge in [0.1, 0.15) is 16.6 Å². The molecule has 0 amide bonds. The van der Waals surface area contributed by atoms with Gasteiger partial charge in [-0.2, -0.15) is 0 Å². The zero-order valence-corrected chi connectivity index (χ0v) is 10.6. The van der Waals surface area contributed by atoms with Crippen molar-refractivity contribution >= 4 is 17.2 Å². The van der Waals surface area contributed by atoms with E-state index >= 15 is 0 Å². The number of thiocarbonyl (C=S) groups is 1. The van der Waals surface area contributed by atoms with Crippen LogP contribution in [0.1, 0.15) is 18.9 Å². The van der Waals surface area contributed by atoms with Crippen LogP contribution in [0.3, 0.4) is 0 Å². The Kier molecular flexibility index (Phi) is 5.86. The van der Waals surface area contributed by atoms with Crippen molar-refractivity contribution < 1.29 is 13.9 Å². The second-order valence-corrected chi connectivity index (χ2v) is 3.84. The molecule has 0 unspecified atom stereocenters. The minimum atomic E-state index is -0.459. The highest BCUT2D eigenvalue weighted by molar-refractivity contribution is 7.80. The van der Waals surface area contributed by atoms with Crippen LogP contribution in [0.25, 0.3) is 0 Å². The summed E-state index contributed by atoms with van der Waals surface area (Å²) in [5.74, 6) is 0.0128. The molecule has 0 saturated carbocycles. The smallest absolute Gasteiger partial charge is 0.137 e. The molecule has 1 rings (SSSR count). The zero-order valence-electron chi connectivity index (χ0n) is 9.74. The molecule has 0 aliphatic heterocycles. The first-order chi connectivity index (χ1) is 8.15. The van der Waals surface area contributed by atoms with Crippen LogP contribution in [0.4, 0.5) is 4.39 Å². The standard InChI is InChI=1S/C12H16FNO2S/c1-2-15-6-3-7-16-9-4-5-10(12(14)17)11(13)8-9/h4-5,8H,2-3,6-7H2,1H3,(H2,14,17). The van der Waals surface area contributed by atoms with Crippen molar-refractivity contribution in [3.05, 3.63) is 29.6 Å². The Morgan fingerprint density at radius 3 is 2.76 bits per heavy atom. The van der Waals surface area contributed by atoms with Gasteiger partial charge in [-0.3, -0.25) is 0 Å². The lowest BCUT2D eigenvalue weighted by atomic mass is 10.2. The van der Waals surface area contributed by atoms with Crippen molar-refractivity contribution in [2.75, 3.05) is 19.8 Å². The second-order valence-electron chi connectivity index (χ2n) is 3.40. The molecule has 2 N–H and O–H groups in total. The topological polar surface area (TPSA) is 44.5 Å². The summed E-state index contributed by atoms with van der Waals surface area (Å²) in [4.78, 5) is 0.0467. The van der Waals surface area contributed by atoms with Crippen molar-refractivity contribution in [1.82, 2.24) is 0 Å². The van der Waals surface area contributed by atoms with E-state index in [1.807, 2.05) is 6.92 Å². The SMILES string of the molecule is CCOCCCOc1ccc(C(N)=S)c(F)c1. The monoisotopic (exact) mass is 257 g/mol. The molecular weight excluding hydrogens is 241 g/mol. The molecule has 0 aromatic heterocycles. The number of benzene rings is 1. The minimum Gasteiger partial charge on any atom is -0.493 e. The van der Waals surface area contributed by atoms with Gasteiger partial charge in [-0.05, 0) is 19.1 Å². The summed E-state index contributed by atoms with van der Waals surface area (Å²) in [7, 11) is 0. The maximum absolute atomic E-state index is 13.5. The lowest BCUT2D eigenvalue weighted by Gasteiger charge is -2.07. The van der Waals surface area contributed by atoms with E-state index in [4.69, 9.17) is 27.4 Å². The van der Waals surface area contributed by atoms with Crippen LogP contribution in [-0.4, -0.2) is 24.8 Å². The zero-order chi connectivity index (χ0) is 12.7. The fourth-order valence-electron chi connectivity index (χ4n) is 1.28. The summed E-state index contributed by atoms with van der Waals surface area (Å²) in [6, 6.07) is 4.46. The Morgan fingerprint density at radius 2 is 2.18 bits per heavy atom. The Hall–Kier alpha value is -1.20. The minimum absolute atomic E-state index is 0.0467. The summed E-state index contributed by atoms with van der Waals surface area (Å²) in [6.07, 6.45) is 0.770. The molecule has 0 bridgehead atoms. The van der Waals surface area contributed by atoms with Crippen LogP contribution in [0.5, 0.6) is 5.75 Å². The third-order valence-corrected chi connectivity index (χ3v) is 2.33. The van der Waals surface area contributed by atoms with Gasteiger partial charge in [-0.1, -0.05) is 12.2 Å². The van der Waals surface area contributed by atoms with E-state index in [0.717, 1.165) is 6.42 Å². The molecule has 0 saturated heterocycles. The normalized spacial score (nSPS) is 10.2. The van der Waals surface area contributed by atoms with Crippen molar-refractivity contribution in [2.45, 2.75) is 13.3 Å². The van der Waals surface area contributed by atoms with E-state index in [2.05, 4.69) is 0 Å². The first-order valence-electron chi connectivity index (χ1n) is 5.45. The van der Waals surface area contributed by atoms with Gasteiger partial charge in [0.05, 0.1) is 6.61 Å². The largest absolute Gasteiger partial charge is 0.493 e.